The van der Waals surface area contributed by atoms with Crippen LogP contribution in [0.15, 0.2) is 28.7 Å². The zero-order valence-corrected chi connectivity index (χ0v) is 13.4. The summed E-state index contributed by atoms with van der Waals surface area (Å²) >= 11 is 3.36. The number of aliphatic hydroxyl groups is 1. The Morgan fingerprint density at radius 3 is 2.32 bits per heavy atom. The van der Waals surface area contributed by atoms with Crippen LogP contribution in [0.5, 0.6) is 0 Å². The molecule has 0 aromatic heterocycles. The monoisotopic (exact) mass is 328 g/mol. The molecule has 106 valence electrons. The van der Waals surface area contributed by atoms with E-state index in [-0.39, 0.29) is 18.5 Å². The highest BCUT2D eigenvalue weighted by atomic mass is 79.9. The number of ether oxygens (including phenoxy) is 1. The summed E-state index contributed by atoms with van der Waals surface area (Å²) < 4.78 is 6.19. The molecular formula is C15H21BrO3. The summed E-state index contributed by atoms with van der Waals surface area (Å²) in [7, 11) is 0. The summed E-state index contributed by atoms with van der Waals surface area (Å²) in [5.41, 5.74) is 0.284. The van der Waals surface area contributed by atoms with Gasteiger partial charge in [0.15, 0.2) is 0 Å². The van der Waals surface area contributed by atoms with Gasteiger partial charge in [0, 0.05) is 9.89 Å². The Kier molecular flexibility index (Phi) is 5.56. The van der Waals surface area contributed by atoms with E-state index in [1.165, 1.54) is 0 Å². The highest BCUT2D eigenvalue weighted by molar-refractivity contribution is 9.10. The molecule has 0 aliphatic heterocycles. The van der Waals surface area contributed by atoms with E-state index in [4.69, 9.17) is 4.74 Å². The summed E-state index contributed by atoms with van der Waals surface area (Å²) in [6.07, 6.45) is -0.680. The summed E-state index contributed by atoms with van der Waals surface area (Å²) in [4.78, 5) is 11.5. The van der Waals surface area contributed by atoms with Gasteiger partial charge in [-0.15, -0.1) is 0 Å². The lowest BCUT2D eigenvalue weighted by atomic mass is 9.83. The second-order valence-corrected chi connectivity index (χ2v) is 6.62. The van der Waals surface area contributed by atoms with Crippen LogP contribution in [0.25, 0.3) is 0 Å². The smallest absolute Gasteiger partial charge is 0.308 e. The van der Waals surface area contributed by atoms with Crippen molar-refractivity contribution in [1.82, 2.24) is 0 Å². The number of hydrogen-bond donors (Lipinski definition) is 1. The van der Waals surface area contributed by atoms with Gasteiger partial charge in [-0.1, -0.05) is 55.8 Å². The Morgan fingerprint density at radius 2 is 1.84 bits per heavy atom. The van der Waals surface area contributed by atoms with E-state index in [9.17, 15) is 9.90 Å². The highest BCUT2D eigenvalue weighted by Gasteiger charge is 2.31. The molecule has 0 aliphatic carbocycles. The van der Waals surface area contributed by atoms with Gasteiger partial charge < -0.3 is 9.84 Å². The fourth-order valence-corrected chi connectivity index (χ4v) is 1.86. The summed E-state index contributed by atoms with van der Waals surface area (Å²) in [6, 6.07) is 7.49. The first kappa shape index (κ1) is 16.2. The lowest BCUT2D eigenvalue weighted by Gasteiger charge is -2.30. The van der Waals surface area contributed by atoms with Crippen molar-refractivity contribution in [3.05, 3.63) is 34.3 Å². The molecule has 1 N–H and O–H groups in total. The number of benzene rings is 1. The van der Waals surface area contributed by atoms with Crippen LogP contribution in [0.1, 0.15) is 39.4 Å². The van der Waals surface area contributed by atoms with E-state index in [0.29, 0.717) is 0 Å². The number of carbonyl (C=O) groups is 1. The lowest BCUT2D eigenvalue weighted by Crippen LogP contribution is -2.30. The van der Waals surface area contributed by atoms with Gasteiger partial charge in [0.1, 0.15) is 0 Å². The van der Waals surface area contributed by atoms with Crippen LogP contribution in [0.4, 0.5) is 0 Å². The molecule has 0 spiro atoms. The summed E-state index contributed by atoms with van der Waals surface area (Å²) in [5, 5.41) is 10.4. The third-order valence-electron chi connectivity index (χ3n) is 2.98. The van der Waals surface area contributed by atoms with Gasteiger partial charge in [0.2, 0.25) is 0 Å². The van der Waals surface area contributed by atoms with Crippen LogP contribution in [-0.2, 0) is 9.53 Å². The van der Waals surface area contributed by atoms with E-state index in [0.717, 1.165) is 10.0 Å². The van der Waals surface area contributed by atoms with Crippen LogP contribution in [0.2, 0.25) is 0 Å². The maximum absolute atomic E-state index is 11.5. The molecule has 0 bridgehead atoms. The van der Waals surface area contributed by atoms with Gasteiger partial charge in [-0.3, -0.25) is 4.79 Å². The van der Waals surface area contributed by atoms with Crippen molar-refractivity contribution < 1.29 is 14.6 Å². The van der Waals surface area contributed by atoms with Gasteiger partial charge in [-0.25, -0.2) is 0 Å². The first-order chi connectivity index (χ1) is 8.74. The average molecular weight is 329 g/mol. The average Bonchev–Trinajstić information content (AvgIpc) is 2.36. The molecule has 0 aliphatic rings. The predicted molar refractivity (Wildman–Crippen MR) is 78.7 cm³/mol. The number of aliphatic hydroxyl groups excluding tert-OH is 1. The zero-order chi connectivity index (χ0) is 14.6. The molecule has 19 heavy (non-hydrogen) atoms. The SMILES string of the molecule is CC(C)C(=O)OCC(C)(C)[C@@H](O)c1ccc(Br)cc1. The maximum Gasteiger partial charge on any atom is 0.308 e. The van der Waals surface area contributed by atoms with E-state index >= 15 is 0 Å². The van der Waals surface area contributed by atoms with Crippen molar-refractivity contribution in [3.63, 3.8) is 0 Å². The Morgan fingerprint density at radius 1 is 1.32 bits per heavy atom. The van der Waals surface area contributed by atoms with Gasteiger partial charge >= 0.3 is 5.97 Å². The molecule has 3 nitrogen and oxygen atoms in total. The van der Waals surface area contributed by atoms with Gasteiger partial charge in [0.05, 0.1) is 18.6 Å². The molecule has 0 saturated carbocycles. The highest BCUT2D eigenvalue weighted by Crippen LogP contribution is 2.34. The third-order valence-corrected chi connectivity index (χ3v) is 3.51. The Labute approximate surface area is 123 Å². The molecule has 0 fully saturated rings. The molecule has 0 heterocycles. The van der Waals surface area contributed by atoms with Crippen LogP contribution >= 0.6 is 15.9 Å². The third kappa shape index (κ3) is 4.62. The molecule has 0 amide bonds. The Hall–Kier alpha value is -0.870. The molecule has 1 atom stereocenters. The minimum absolute atomic E-state index is 0.152. The Balaban J connectivity index is 2.70. The quantitative estimate of drug-likeness (QED) is 0.838. The largest absolute Gasteiger partial charge is 0.465 e. The van der Waals surface area contributed by atoms with Crippen molar-refractivity contribution in [1.29, 1.82) is 0 Å². The van der Waals surface area contributed by atoms with Crippen molar-refractivity contribution >= 4 is 21.9 Å². The fourth-order valence-electron chi connectivity index (χ4n) is 1.60. The molecule has 1 rings (SSSR count). The predicted octanol–water partition coefficient (Wildman–Crippen LogP) is 3.71. The van der Waals surface area contributed by atoms with E-state index in [2.05, 4.69) is 15.9 Å². The zero-order valence-electron chi connectivity index (χ0n) is 11.8. The number of rotatable bonds is 5. The van der Waals surface area contributed by atoms with E-state index < -0.39 is 11.5 Å². The number of hydrogen-bond acceptors (Lipinski definition) is 3. The molecule has 0 unspecified atom stereocenters. The molecule has 4 heteroatoms. The fraction of sp³-hybridized carbons (Fsp3) is 0.533. The van der Waals surface area contributed by atoms with Crippen molar-refractivity contribution in [3.8, 4) is 0 Å². The van der Waals surface area contributed by atoms with Crippen molar-refractivity contribution in [2.24, 2.45) is 11.3 Å². The summed E-state index contributed by atoms with van der Waals surface area (Å²) in [5.74, 6) is -0.392. The normalized spacial score (nSPS) is 13.4. The Bertz CT molecular complexity index is 424. The topological polar surface area (TPSA) is 46.5 Å². The second kappa shape index (κ2) is 6.53. The van der Waals surface area contributed by atoms with Crippen LogP contribution in [0, 0.1) is 11.3 Å². The van der Waals surface area contributed by atoms with Crippen LogP contribution in [-0.4, -0.2) is 17.7 Å². The molecule has 1 aromatic rings. The van der Waals surface area contributed by atoms with Gasteiger partial charge in [-0.05, 0) is 17.7 Å². The minimum atomic E-state index is -0.680. The molecular weight excluding hydrogens is 308 g/mol. The summed E-state index contributed by atoms with van der Waals surface area (Å²) in [6.45, 7) is 7.54. The molecule has 1 aromatic carbocycles. The van der Waals surface area contributed by atoms with E-state index in [1.807, 2.05) is 38.1 Å². The van der Waals surface area contributed by atoms with Crippen LogP contribution < -0.4 is 0 Å². The first-order valence-electron chi connectivity index (χ1n) is 6.34. The number of esters is 1. The standard InChI is InChI=1S/C15H21BrO3/c1-10(2)14(18)19-9-15(3,4)13(17)11-5-7-12(16)8-6-11/h5-8,10,13,17H,9H2,1-4H3/t13-/m0/s1. The number of carbonyl (C=O) groups excluding carboxylic acids is 1. The van der Waals surface area contributed by atoms with Gasteiger partial charge in [-0.2, -0.15) is 0 Å². The van der Waals surface area contributed by atoms with E-state index in [1.54, 1.807) is 13.8 Å². The second-order valence-electron chi connectivity index (χ2n) is 5.71. The van der Waals surface area contributed by atoms with Gasteiger partial charge in [0.25, 0.3) is 0 Å². The molecule has 0 saturated heterocycles. The van der Waals surface area contributed by atoms with Crippen molar-refractivity contribution in [2.75, 3.05) is 6.61 Å². The maximum atomic E-state index is 11.5. The number of halogens is 1. The van der Waals surface area contributed by atoms with Crippen molar-refractivity contribution in [2.45, 2.75) is 33.8 Å². The molecule has 0 radical (unpaired) electrons. The first-order valence-corrected chi connectivity index (χ1v) is 7.13. The minimum Gasteiger partial charge on any atom is -0.465 e. The lowest BCUT2D eigenvalue weighted by molar-refractivity contribution is -0.153. The van der Waals surface area contributed by atoms with Crippen LogP contribution in [0.3, 0.4) is 0 Å².